The van der Waals surface area contributed by atoms with Crippen LogP contribution in [-0.2, 0) is 11.3 Å². The summed E-state index contributed by atoms with van der Waals surface area (Å²) in [5, 5.41) is 8.82. The third-order valence-corrected chi connectivity index (χ3v) is 2.53. The molecule has 0 aliphatic heterocycles. The van der Waals surface area contributed by atoms with Gasteiger partial charge in [0.15, 0.2) is 0 Å². The van der Waals surface area contributed by atoms with Gasteiger partial charge in [-0.05, 0) is 13.0 Å². The average Bonchev–Trinajstić information content (AvgIpc) is 2.68. The Kier molecular flexibility index (Phi) is 5.91. The van der Waals surface area contributed by atoms with Crippen molar-refractivity contribution in [3.05, 3.63) is 23.2 Å². The predicted molar refractivity (Wildman–Crippen MR) is 63.2 cm³/mol. The van der Waals surface area contributed by atoms with Crippen molar-refractivity contribution in [2.45, 2.75) is 19.9 Å². The predicted octanol–water partition coefficient (Wildman–Crippen LogP) is 1.43. The van der Waals surface area contributed by atoms with E-state index in [9.17, 15) is 13.6 Å². The minimum atomic E-state index is -2.50. The Hall–Kier alpha value is -1.47. The maximum Gasteiger partial charge on any atom is 0.374 e. The number of hydrogen-bond acceptors (Lipinski definition) is 5. The number of halogens is 2. The standard InChI is InChI=1S/C12H17F2NO4/c1-8-5-9(19-11(8)12(17)18-2)6-15(3-4-16)7-10(13)14/h5,10,16H,3-4,6-7H2,1-2H3. The average molecular weight is 277 g/mol. The summed E-state index contributed by atoms with van der Waals surface area (Å²) in [6.07, 6.45) is -2.50. The molecular weight excluding hydrogens is 260 g/mol. The lowest BCUT2D eigenvalue weighted by atomic mass is 10.2. The van der Waals surface area contributed by atoms with Gasteiger partial charge >= 0.3 is 5.97 Å². The highest BCUT2D eigenvalue weighted by atomic mass is 19.3. The number of aliphatic hydroxyl groups excluding tert-OH is 1. The number of aliphatic hydroxyl groups is 1. The van der Waals surface area contributed by atoms with Crippen molar-refractivity contribution in [2.24, 2.45) is 0 Å². The van der Waals surface area contributed by atoms with Gasteiger partial charge in [0.05, 0.1) is 26.8 Å². The number of nitrogens with zero attached hydrogens (tertiary/aromatic N) is 1. The summed E-state index contributed by atoms with van der Waals surface area (Å²) in [7, 11) is 1.23. The number of alkyl halides is 2. The first-order valence-electron chi connectivity index (χ1n) is 5.77. The van der Waals surface area contributed by atoms with E-state index in [1.165, 1.54) is 12.0 Å². The van der Waals surface area contributed by atoms with Gasteiger partial charge in [0.1, 0.15) is 5.76 Å². The molecule has 1 heterocycles. The third-order valence-electron chi connectivity index (χ3n) is 2.53. The molecule has 108 valence electrons. The maximum absolute atomic E-state index is 12.4. The van der Waals surface area contributed by atoms with Crippen LogP contribution in [0.2, 0.25) is 0 Å². The minimum Gasteiger partial charge on any atom is -0.463 e. The van der Waals surface area contributed by atoms with E-state index < -0.39 is 18.9 Å². The molecule has 1 rings (SSSR count). The zero-order valence-electron chi connectivity index (χ0n) is 10.9. The molecule has 0 amide bonds. The van der Waals surface area contributed by atoms with Crippen LogP contribution >= 0.6 is 0 Å². The lowest BCUT2D eigenvalue weighted by Gasteiger charge is -2.19. The first-order valence-corrected chi connectivity index (χ1v) is 5.77. The summed E-state index contributed by atoms with van der Waals surface area (Å²) in [4.78, 5) is 12.7. The Morgan fingerprint density at radius 3 is 2.79 bits per heavy atom. The molecule has 0 atom stereocenters. The van der Waals surface area contributed by atoms with Gasteiger partial charge < -0.3 is 14.3 Å². The first-order chi connectivity index (χ1) is 8.97. The number of hydrogen-bond donors (Lipinski definition) is 1. The van der Waals surface area contributed by atoms with Crippen LogP contribution in [0.3, 0.4) is 0 Å². The molecule has 0 bridgehead atoms. The molecule has 1 N–H and O–H groups in total. The molecular formula is C12H17F2NO4. The smallest absolute Gasteiger partial charge is 0.374 e. The molecule has 0 spiro atoms. The molecule has 0 aliphatic carbocycles. The molecule has 0 fully saturated rings. The number of aryl methyl sites for hydroxylation is 1. The normalized spacial score (nSPS) is 11.3. The van der Waals surface area contributed by atoms with E-state index in [-0.39, 0.29) is 25.5 Å². The van der Waals surface area contributed by atoms with Crippen molar-refractivity contribution in [2.75, 3.05) is 26.8 Å². The summed E-state index contributed by atoms with van der Waals surface area (Å²) in [6, 6.07) is 1.60. The second-order valence-corrected chi connectivity index (χ2v) is 4.07. The third kappa shape index (κ3) is 4.60. The van der Waals surface area contributed by atoms with Crippen LogP contribution in [0.5, 0.6) is 0 Å². The zero-order chi connectivity index (χ0) is 14.4. The lowest BCUT2D eigenvalue weighted by molar-refractivity contribution is 0.0547. The topological polar surface area (TPSA) is 62.9 Å². The number of rotatable bonds is 7. The molecule has 0 radical (unpaired) electrons. The largest absolute Gasteiger partial charge is 0.463 e. The Morgan fingerprint density at radius 2 is 2.26 bits per heavy atom. The number of methoxy groups -OCH3 is 1. The minimum absolute atomic E-state index is 0.0681. The fraction of sp³-hybridized carbons (Fsp3) is 0.583. The van der Waals surface area contributed by atoms with Gasteiger partial charge in [-0.2, -0.15) is 0 Å². The molecule has 0 aliphatic rings. The molecule has 1 aromatic heterocycles. The molecule has 0 aromatic carbocycles. The highest BCUT2D eigenvalue weighted by molar-refractivity contribution is 5.87. The van der Waals surface area contributed by atoms with E-state index in [4.69, 9.17) is 9.52 Å². The monoisotopic (exact) mass is 277 g/mol. The number of carbonyl (C=O) groups excluding carboxylic acids is 1. The van der Waals surface area contributed by atoms with Crippen LogP contribution in [0.1, 0.15) is 21.9 Å². The number of carbonyl (C=O) groups is 1. The van der Waals surface area contributed by atoms with E-state index in [1.54, 1.807) is 13.0 Å². The van der Waals surface area contributed by atoms with Gasteiger partial charge in [-0.15, -0.1) is 0 Å². The Morgan fingerprint density at radius 1 is 1.58 bits per heavy atom. The molecule has 5 nitrogen and oxygen atoms in total. The second kappa shape index (κ2) is 7.20. The van der Waals surface area contributed by atoms with Gasteiger partial charge in [0.25, 0.3) is 6.43 Å². The van der Waals surface area contributed by atoms with Crippen molar-refractivity contribution in [1.82, 2.24) is 4.90 Å². The van der Waals surface area contributed by atoms with Crippen LogP contribution in [0.25, 0.3) is 0 Å². The fourth-order valence-electron chi connectivity index (χ4n) is 1.71. The molecule has 1 aromatic rings. The highest BCUT2D eigenvalue weighted by Gasteiger charge is 2.19. The van der Waals surface area contributed by atoms with Crippen LogP contribution in [0, 0.1) is 6.92 Å². The summed E-state index contributed by atoms with van der Waals surface area (Å²) >= 11 is 0. The van der Waals surface area contributed by atoms with Crippen molar-refractivity contribution < 1.29 is 27.8 Å². The second-order valence-electron chi connectivity index (χ2n) is 4.07. The summed E-state index contributed by atoms with van der Waals surface area (Å²) in [6.45, 7) is 1.19. The fourth-order valence-corrected chi connectivity index (χ4v) is 1.71. The summed E-state index contributed by atoms with van der Waals surface area (Å²) < 4.78 is 34.5. The highest BCUT2D eigenvalue weighted by Crippen LogP contribution is 2.17. The Bertz CT molecular complexity index is 420. The van der Waals surface area contributed by atoms with Crippen LogP contribution in [0.4, 0.5) is 8.78 Å². The number of furan rings is 1. The van der Waals surface area contributed by atoms with E-state index in [2.05, 4.69) is 4.74 Å². The van der Waals surface area contributed by atoms with E-state index in [0.29, 0.717) is 11.3 Å². The lowest BCUT2D eigenvalue weighted by Crippen LogP contribution is -2.31. The van der Waals surface area contributed by atoms with E-state index in [0.717, 1.165) is 0 Å². The van der Waals surface area contributed by atoms with Gasteiger partial charge in [-0.25, -0.2) is 13.6 Å². The van der Waals surface area contributed by atoms with Crippen molar-refractivity contribution >= 4 is 5.97 Å². The molecule has 0 saturated carbocycles. The zero-order valence-corrected chi connectivity index (χ0v) is 10.9. The van der Waals surface area contributed by atoms with Crippen LogP contribution in [0.15, 0.2) is 10.5 Å². The van der Waals surface area contributed by atoms with Gasteiger partial charge in [-0.1, -0.05) is 0 Å². The number of esters is 1. The quantitative estimate of drug-likeness (QED) is 0.764. The summed E-state index contributed by atoms with van der Waals surface area (Å²) in [5.41, 5.74) is 0.586. The molecule has 7 heteroatoms. The first kappa shape index (κ1) is 15.6. The van der Waals surface area contributed by atoms with Gasteiger partial charge in [0.2, 0.25) is 5.76 Å². The van der Waals surface area contributed by atoms with E-state index in [1.807, 2.05) is 0 Å². The number of ether oxygens (including phenoxy) is 1. The maximum atomic E-state index is 12.4. The van der Waals surface area contributed by atoms with Crippen molar-refractivity contribution in [1.29, 1.82) is 0 Å². The summed E-state index contributed by atoms with van der Waals surface area (Å²) in [5.74, 6) is -0.156. The molecule has 19 heavy (non-hydrogen) atoms. The van der Waals surface area contributed by atoms with Crippen LogP contribution in [-0.4, -0.2) is 49.2 Å². The Balaban J connectivity index is 2.76. The van der Waals surface area contributed by atoms with Crippen LogP contribution < -0.4 is 0 Å². The molecule has 0 unspecified atom stereocenters. The van der Waals surface area contributed by atoms with E-state index >= 15 is 0 Å². The SMILES string of the molecule is COC(=O)c1oc(CN(CCO)CC(F)F)cc1C. The van der Waals surface area contributed by atoms with Crippen molar-refractivity contribution in [3.8, 4) is 0 Å². The molecule has 0 saturated heterocycles. The van der Waals surface area contributed by atoms with Crippen molar-refractivity contribution in [3.63, 3.8) is 0 Å². The Labute approximate surface area is 109 Å². The van der Waals surface area contributed by atoms with Gasteiger partial charge in [0, 0.05) is 12.1 Å². The van der Waals surface area contributed by atoms with Gasteiger partial charge in [-0.3, -0.25) is 4.90 Å².